The molecule has 1 aliphatic heterocycles. The van der Waals surface area contributed by atoms with Gasteiger partial charge in [0.1, 0.15) is 0 Å². The Hall–Kier alpha value is -1.79. The Morgan fingerprint density at radius 2 is 1.73 bits per heavy atom. The monoisotopic (exact) mass is 328 g/mol. The van der Waals surface area contributed by atoms with E-state index in [0.29, 0.717) is 16.8 Å². The number of nitrogens with zero attached hydrogens (tertiary/aromatic N) is 1. The van der Waals surface area contributed by atoms with Gasteiger partial charge in [-0.1, -0.05) is 0 Å². The fourth-order valence-corrected chi connectivity index (χ4v) is 2.46. The van der Waals surface area contributed by atoms with Crippen LogP contribution in [0, 0.1) is 0 Å². The minimum Gasteiger partial charge on any atom is -0.465 e. The highest BCUT2D eigenvalue weighted by atomic mass is 35.5. The minimum absolute atomic E-state index is 0. The lowest BCUT2D eigenvalue weighted by Gasteiger charge is -2.33. The highest BCUT2D eigenvalue weighted by Gasteiger charge is 2.23. The second kappa shape index (κ2) is 8.00. The van der Waals surface area contributed by atoms with Crippen LogP contribution in [0.1, 0.15) is 33.6 Å². The number of methoxy groups -OCH3 is 2. The van der Waals surface area contributed by atoms with Crippen LogP contribution in [0.3, 0.4) is 0 Å². The molecule has 1 fully saturated rings. The molecule has 122 valence electrons. The smallest absolute Gasteiger partial charge is 0.339 e. The first kappa shape index (κ1) is 18.3. The summed E-state index contributed by atoms with van der Waals surface area (Å²) in [4.78, 5) is 25.6. The van der Waals surface area contributed by atoms with E-state index in [1.807, 2.05) is 0 Å². The molecule has 0 aromatic heterocycles. The van der Waals surface area contributed by atoms with Gasteiger partial charge in [0, 0.05) is 19.1 Å². The lowest BCUT2D eigenvalue weighted by molar-refractivity contribution is 0.0587. The van der Waals surface area contributed by atoms with Gasteiger partial charge in [0.15, 0.2) is 0 Å². The van der Waals surface area contributed by atoms with Crippen molar-refractivity contribution >= 4 is 30.0 Å². The number of nitrogens with two attached hydrogens (primary N) is 1. The minimum atomic E-state index is -0.429. The number of hydrogen-bond donors (Lipinski definition) is 1. The summed E-state index contributed by atoms with van der Waals surface area (Å²) in [7, 11) is 2.67. The van der Waals surface area contributed by atoms with Crippen LogP contribution in [0.15, 0.2) is 18.2 Å². The maximum absolute atomic E-state index is 11.9. The Morgan fingerprint density at radius 3 is 2.27 bits per heavy atom. The zero-order valence-corrected chi connectivity index (χ0v) is 13.5. The van der Waals surface area contributed by atoms with E-state index in [4.69, 9.17) is 15.2 Å². The molecule has 1 aromatic carbocycles. The molecule has 2 rings (SSSR count). The van der Waals surface area contributed by atoms with Crippen molar-refractivity contribution < 1.29 is 19.1 Å². The van der Waals surface area contributed by atoms with Crippen molar-refractivity contribution in [2.24, 2.45) is 5.73 Å². The quantitative estimate of drug-likeness (QED) is 0.849. The number of anilines is 1. The van der Waals surface area contributed by atoms with Crippen LogP contribution in [0.2, 0.25) is 0 Å². The molecule has 0 atom stereocenters. The van der Waals surface area contributed by atoms with Crippen molar-refractivity contribution in [3.05, 3.63) is 29.3 Å². The summed E-state index contributed by atoms with van der Waals surface area (Å²) >= 11 is 0. The Kier molecular flexibility index (Phi) is 6.64. The number of halogens is 1. The fourth-order valence-electron chi connectivity index (χ4n) is 2.46. The molecular weight excluding hydrogens is 308 g/mol. The van der Waals surface area contributed by atoms with Crippen LogP contribution in [0.25, 0.3) is 0 Å². The fraction of sp³-hybridized carbons (Fsp3) is 0.467. The SMILES string of the molecule is COC(=O)c1ccc(C(=O)OC)c(N2CCC(N)CC2)c1.Cl. The lowest BCUT2D eigenvalue weighted by atomic mass is 10.0. The molecule has 1 heterocycles. The van der Waals surface area contributed by atoms with Gasteiger partial charge in [-0.2, -0.15) is 0 Å². The Bertz CT molecular complexity index is 542. The van der Waals surface area contributed by atoms with Crippen LogP contribution < -0.4 is 10.6 Å². The molecule has 1 saturated heterocycles. The molecular formula is C15H21ClN2O4. The van der Waals surface area contributed by atoms with Crippen LogP contribution in [0.5, 0.6) is 0 Å². The maximum atomic E-state index is 11.9. The third-order valence-electron chi connectivity index (χ3n) is 3.70. The first-order valence-electron chi connectivity index (χ1n) is 6.88. The molecule has 1 aromatic rings. The number of esters is 2. The molecule has 0 radical (unpaired) electrons. The molecule has 0 bridgehead atoms. The predicted molar refractivity (Wildman–Crippen MR) is 85.8 cm³/mol. The molecule has 0 saturated carbocycles. The van der Waals surface area contributed by atoms with E-state index in [0.717, 1.165) is 25.9 Å². The second-order valence-corrected chi connectivity index (χ2v) is 5.04. The zero-order valence-electron chi connectivity index (χ0n) is 12.7. The molecule has 0 unspecified atom stereocenters. The van der Waals surface area contributed by atoms with Crippen molar-refractivity contribution in [1.82, 2.24) is 0 Å². The highest BCUT2D eigenvalue weighted by molar-refractivity contribution is 5.99. The number of hydrogen-bond acceptors (Lipinski definition) is 6. The first-order valence-corrected chi connectivity index (χ1v) is 6.88. The summed E-state index contributed by atoms with van der Waals surface area (Å²) in [6.07, 6.45) is 1.70. The van der Waals surface area contributed by atoms with Gasteiger partial charge in [-0.05, 0) is 31.0 Å². The maximum Gasteiger partial charge on any atom is 0.339 e. The van der Waals surface area contributed by atoms with Crippen LogP contribution in [-0.4, -0.2) is 45.3 Å². The Morgan fingerprint density at radius 1 is 1.14 bits per heavy atom. The van der Waals surface area contributed by atoms with Gasteiger partial charge in [0.25, 0.3) is 0 Å². The molecule has 1 aliphatic rings. The van der Waals surface area contributed by atoms with Gasteiger partial charge in [0.05, 0.1) is 31.0 Å². The molecule has 2 N–H and O–H groups in total. The van der Waals surface area contributed by atoms with Gasteiger partial charge in [0.2, 0.25) is 0 Å². The molecule has 0 amide bonds. The van der Waals surface area contributed by atoms with E-state index < -0.39 is 11.9 Å². The number of ether oxygens (including phenoxy) is 2. The van der Waals surface area contributed by atoms with Crippen molar-refractivity contribution in [2.45, 2.75) is 18.9 Å². The van der Waals surface area contributed by atoms with E-state index in [-0.39, 0.29) is 18.4 Å². The predicted octanol–water partition coefficient (Wildman–Crippen LogP) is 1.61. The van der Waals surface area contributed by atoms with Gasteiger partial charge in [-0.3, -0.25) is 0 Å². The second-order valence-electron chi connectivity index (χ2n) is 5.04. The molecule has 0 aliphatic carbocycles. The number of carbonyl (C=O) groups is 2. The number of rotatable bonds is 3. The third-order valence-corrected chi connectivity index (χ3v) is 3.70. The van der Waals surface area contributed by atoms with Crippen LogP contribution in [-0.2, 0) is 9.47 Å². The molecule has 0 spiro atoms. The van der Waals surface area contributed by atoms with E-state index in [2.05, 4.69) is 4.90 Å². The zero-order chi connectivity index (χ0) is 15.4. The normalized spacial score (nSPS) is 15.0. The Labute approximate surface area is 136 Å². The van der Waals surface area contributed by atoms with Gasteiger partial charge < -0.3 is 20.1 Å². The largest absolute Gasteiger partial charge is 0.465 e. The van der Waals surface area contributed by atoms with Crippen LogP contribution >= 0.6 is 12.4 Å². The third kappa shape index (κ3) is 3.90. The van der Waals surface area contributed by atoms with Crippen molar-refractivity contribution in [3.8, 4) is 0 Å². The highest BCUT2D eigenvalue weighted by Crippen LogP contribution is 2.26. The average Bonchev–Trinajstić information content (AvgIpc) is 2.53. The topological polar surface area (TPSA) is 81.9 Å². The molecule has 22 heavy (non-hydrogen) atoms. The number of piperidine rings is 1. The molecule has 7 heteroatoms. The van der Waals surface area contributed by atoms with Gasteiger partial charge >= 0.3 is 11.9 Å². The van der Waals surface area contributed by atoms with E-state index >= 15 is 0 Å². The summed E-state index contributed by atoms with van der Waals surface area (Å²) in [5, 5.41) is 0. The summed E-state index contributed by atoms with van der Waals surface area (Å²) in [5.41, 5.74) is 7.45. The van der Waals surface area contributed by atoms with Crippen molar-refractivity contribution in [1.29, 1.82) is 0 Å². The van der Waals surface area contributed by atoms with Crippen molar-refractivity contribution in [2.75, 3.05) is 32.2 Å². The summed E-state index contributed by atoms with van der Waals surface area (Å²) < 4.78 is 9.54. The van der Waals surface area contributed by atoms with E-state index in [1.54, 1.807) is 18.2 Å². The number of benzene rings is 1. The summed E-state index contributed by atoms with van der Waals surface area (Å²) in [6, 6.07) is 5.03. The summed E-state index contributed by atoms with van der Waals surface area (Å²) in [6.45, 7) is 1.49. The Balaban J connectivity index is 0.00000242. The van der Waals surface area contributed by atoms with Gasteiger partial charge in [-0.25, -0.2) is 9.59 Å². The standard InChI is InChI=1S/C15H20N2O4.ClH/c1-20-14(18)10-3-4-12(15(19)21-2)13(9-10)17-7-5-11(16)6-8-17;/h3-4,9,11H,5-8,16H2,1-2H3;1H. The van der Waals surface area contributed by atoms with E-state index in [9.17, 15) is 9.59 Å². The van der Waals surface area contributed by atoms with Crippen molar-refractivity contribution in [3.63, 3.8) is 0 Å². The first-order chi connectivity index (χ1) is 10.1. The average molecular weight is 329 g/mol. The van der Waals surface area contributed by atoms with Gasteiger partial charge in [-0.15, -0.1) is 12.4 Å². The summed E-state index contributed by atoms with van der Waals surface area (Å²) in [5.74, 6) is -0.849. The molecule has 6 nitrogen and oxygen atoms in total. The van der Waals surface area contributed by atoms with E-state index in [1.165, 1.54) is 14.2 Å². The lowest BCUT2D eigenvalue weighted by Crippen LogP contribution is -2.40. The number of carbonyl (C=O) groups excluding carboxylic acids is 2. The van der Waals surface area contributed by atoms with Crippen LogP contribution in [0.4, 0.5) is 5.69 Å².